The van der Waals surface area contributed by atoms with E-state index in [1.54, 1.807) is 0 Å². The van der Waals surface area contributed by atoms with Gasteiger partial charge in [-0.2, -0.15) is 0 Å². The summed E-state index contributed by atoms with van der Waals surface area (Å²) in [6.45, 7) is 6.04. The topological polar surface area (TPSA) is 61.6 Å². The Bertz CT molecular complexity index is 262. The van der Waals surface area contributed by atoms with Crippen LogP contribution in [0.1, 0.15) is 65.2 Å². The highest BCUT2D eigenvalue weighted by molar-refractivity contribution is 5.73. The molecule has 118 valence electrons. The molecule has 0 aliphatic heterocycles. The monoisotopic (exact) mass is 285 g/mol. The van der Waals surface area contributed by atoms with E-state index in [-0.39, 0.29) is 5.91 Å². The van der Waals surface area contributed by atoms with Crippen LogP contribution in [0.3, 0.4) is 0 Å². The molecule has 0 aromatic rings. The first kappa shape index (κ1) is 17.4. The van der Waals surface area contributed by atoms with Crippen molar-refractivity contribution in [3.63, 3.8) is 0 Å². The predicted molar refractivity (Wildman–Crippen MR) is 80.4 cm³/mol. The first-order chi connectivity index (χ1) is 9.61. The molecule has 1 atom stereocenters. The highest BCUT2D eigenvalue weighted by atomic mass is 16.5. The molecule has 2 N–H and O–H groups in total. The number of primary amides is 1. The van der Waals surface area contributed by atoms with Gasteiger partial charge in [0, 0.05) is 19.6 Å². The van der Waals surface area contributed by atoms with Crippen molar-refractivity contribution in [2.24, 2.45) is 11.7 Å². The fraction of sp³-hybridized carbons (Fsp3) is 0.938. The van der Waals surface area contributed by atoms with Gasteiger partial charge in [0.1, 0.15) is 0 Å². The minimum Gasteiger partial charge on any atom is -0.378 e. The van der Waals surface area contributed by atoms with Crippen LogP contribution < -0.4 is 5.73 Å². The Balaban J connectivity index is 2.00. The third-order valence-electron chi connectivity index (χ3n) is 4.20. The van der Waals surface area contributed by atoms with Crippen LogP contribution in [-0.2, 0) is 14.3 Å². The maximum Gasteiger partial charge on any atom is 0.217 e. The van der Waals surface area contributed by atoms with Crippen LogP contribution in [0.25, 0.3) is 0 Å². The molecule has 0 aromatic carbocycles. The van der Waals surface area contributed by atoms with Gasteiger partial charge in [-0.3, -0.25) is 4.79 Å². The summed E-state index contributed by atoms with van der Waals surface area (Å²) < 4.78 is 11.7. The highest BCUT2D eigenvalue weighted by Gasteiger charge is 2.22. The van der Waals surface area contributed by atoms with E-state index in [9.17, 15) is 4.79 Å². The van der Waals surface area contributed by atoms with Crippen LogP contribution in [-0.4, -0.2) is 31.3 Å². The molecule has 20 heavy (non-hydrogen) atoms. The quantitative estimate of drug-likeness (QED) is 0.628. The molecule has 1 saturated carbocycles. The summed E-state index contributed by atoms with van der Waals surface area (Å²) in [6.07, 6.45) is 8.67. The number of carbonyl (C=O) groups is 1. The molecule has 0 bridgehead atoms. The molecule has 4 nitrogen and oxygen atoms in total. The highest BCUT2D eigenvalue weighted by Crippen LogP contribution is 2.24. The molecule has 1 aliphatic rings. The summed E-state index contributed by atoms with van der Waals surface area (Å²) in [5.74, 6) is 0.520. The smallest absolute Gasteiger partial charge is 0.217 e. The van der Waals surface area contributed by atoms with Crippen molar-refractivity contribution in [2.75, 3.05) is 13.2 Å². The van der Waals surface area contributed by atoms with Gasteiger partial charge in [-0.25, -0.2) is 0 Å². The van der Waals surface area contributed by atoms with Gasteiger partial charge >= 0.3 is 0 Å². The third kappa shape index (κ3) is 7.85. The van der Waals surface area contributed by atoms with Crippen LogP contribution in [0.2, 0.25) is 0 Å². The molecule has 0 aromatic heterocycles. The number of rotatable bonds is 10. The van der Waals surface area contributed by atoms with Crippen molar-refractivity contribution >= 4 is 5.91 Å². The lowest BCUT2D eigenvalue weighted by Gasteiger charge is -2.29. The number of carbonyl (C=O) groups excluding carboxylic acids is 1. The van der Waals surface area contributed by atoms with Crippen LogP contribution in [0.4, 0.5) is 0 Å². The minimum atomic E-state index is -0.244. The standard InChI is InChI=1S/C16H31NO3/c1-3-13(2)10-12-20-15-8-6-14(7-9-15)19-11-4-5-16(17)18/h13-15H,3-12H2,1-2H3,(H2,17,18). The molecule has 1 rings (SSSR count). The molecule has 1 fully saturated rings. The van der Waals surface area contributed by atoms with E-state index in [1.165, 1.54) is 12.8 Å². The summed E-state index contributed by atoms with van der Waals surface area (Å²) in [5, 5.41) is 0. The number of ether oxygens (including phenoxy) is 2. The van der Waals surface area contributed by atoms with Crippen LogP contribution in [0.5, 0.6) is 0 Å². The van der Waals surface area contributed by atoms with Gasteiger partial charge in [-0.05, 0) is 44.4 Å². The van der Waals surface area contributed by atoms with Gasteiger partial charge in [0.15, 0.2) is 0 Å². The Morgan fingerprint density at radius 2 is 1.70 bits per heavy atom. The Labute approximate surface area is 123 Å². The van der Waals surface area contributed by atoms with Crippen LogP contribution in [0.15, 0.2) is 0 Å². The molecule has 0 saturated heterocycles. The molecule has 1 unspecified atom stereocenters. The van der Waals surface area contributed by atoms with Crippen molar-refractivity contribution in [2.45, 2.75) is 77.4 Å². The molecular formula is C16H31NO3. The van der Waals surface area contributed by atoms with Gasteiger partial charge in [-0.15, -0.1) is 0 Å². The number of hydrogen-bond donors (Lipinski definition) is 1. The zero-order chi connectivity index (χ0) is 14.8. The second kappa shape index (κ2) is 10.2. The second-order valence-corrected chi connectivity index (χ2v) is 6.01. The van der Waals surface area contributed by atoms with Crippen molar-refractivity contribution < 1.29 is 14.3 Å². The van der Waals surface area contributed by atoms with Crippen LogP contribution >= 0.6 is 0 Å². The SMILES string of the molecule is CCC(C)CCOC1CCC(OCCCC(N)=O)CC1. The van der Waals surface area contributed by atoms with Gasteiger partial charge in [0.2, 0.25) is 5.91 Å². The van der Waals surface area contributed by atoms with E-state index in [4.69, 9.17) is 15.2 Å². The van der Waals surface area contributed by atoms with E-state index >= 15 is 0 Å². The molecular weight excluding hydrogens is 254 g/mol. The van der Waals surface area contributed by atoms with E-state index in [0.717, 1.165) is 44.6 Å². The zero-order valence-electron chi connectivity index (χ0n) is 13.1. The number of hydrogen-bond acceptors (Lipinski definition) is 3. The molecule has 4 heteroatoms. The van der Waals surface area contributed by atoms with Gasteiger partial charge in [0.05, 0.1) is 12.2 Å². The maximum atomic E-state index is 10.6. The largest absolute Gasteiger partial charge is 0.378 e. The van der Waals surface area contributed by atoms with Gasteiger partial charge in [0.25, 0.3) is 0 Å². The normalized spacial score (nSPS) is 24.5. The molecule has 0 heterocycles. The van der Waals surface area contributed by atoms with E-state index < -0.39 is 0 Å². The lowest BCUT2D eigenvalue weighted by molar-refractivity contribution is -0.118. The van der Waals surface area contributed by atoms with Crippen LogP contribution in [0, 0.1) is 5.92 Å². The lowest BCUT2D eigenvalue weighted by atomic mass is 9.95. The van der Waals surface area contributed by atoms with Gasteiger partial charge in [-0.1, -0.05) is 20.3 Å². The van der Waals surface area contributed by atoms with E-state index in [1.807, 2.05) is 0 Å². The fourth-order valence-electron chi connectivity index (χ4n) is 2.50. The summed E-state index contributed by atoms with van der Waals surface area (Å²) in [7, 11) is 0. The van der Waals surface area contributed by atoms with Crippen molar-refractivity contribution in [1.82, 2.24) is 0 Å². The molecule has 1 aliphatic carbocycles. The minimum absolute atomic E-state index is 0.244. The number of nitrogens with two attached hydrogens (primary N) is 1. The molecule has 0 radical (unpaired) electrons. The Hall–Kier alpha value is -0.610. The van der Waals surface area contributed by atoms with E-state index in [0.29, 0.717) is 25.2 Å². The summed E-state index contributed by atoms with van der Waals surface area (Å²) >= 11 is 0. The summed E-state index contributed by atoms with van der Waals surface area (Å²) in [6, 6.07) is 0. The second-order valence-electron chi connectivity index (χ2n) is 6.01. The summed E-state index contributed by atoms with van der Waals surface area (Å²) in [4.78, 5) is 10.6. The Kier molecular flexibility index (Phi) is 8.86. The lowest BCUT2D eigenvalue weighted by Crippen LogP contribution is -2.27. The third-order valence-corrected chi connectivity index (χ3v) is 4.20. The number of amides is 1. The molecule has 0 spiro atoms. The molecule has 1 amide bonds. The average molecular weight is 285 g/mol. The van der Waals surface area contributed by atoms with E-state index in [2.05, 4.69) is 13.8 Å². The Morgan fingerprint density at radius 3 is 2.20 bits per heavy atom. The Morgan fingerprint density at radius 1 is 1.15 bits per heavy atom. The maximum absolute atomic E-state index is 10.6. The van der Waals surface area contributed by atoms with Crippen molar-refractivity contribution in [3.05, 3.63) is 0 Å². The van der Waals surface area contributed by atoms with Crippen molar-refractivity contribution in [3.8, 4) is 0 Å². The van der Waals surface area contributed by atoms with Gasteiger partial charge < -0.3 is 15.2 Å². The zero-order valence-corrected chi connectivity index (χ0v) is 13.1. The summed E-state index contributed by atoms with van der Waals surface area (Å²) in [5.41, 5.74) is 5.10. The first-order valence-electron chi connectivity index (χ1n) is 8.13. The fourth-order valence-corrected chi connectivity index (χ4v) is 2.50. The average Bonchev–Trinajstić information content (AvgIpc) is 2.44. The predicted octanol–water partition coefficient (Wildman–Crippen LogP) is 3.03. The van der Waals surface area contributed by atoms with Crippen molar-refractivity contribution in [1.29, 1.82) is 0 Å². The first-order valence-corrected chi connectivity index (χ1v) is 8.13.